The van der Waals surface area contributed by atoms with Crippen LogP contribution in [0.25, 0.3) is 0 Å². The molecule has 0 aliphatic heterocycles. The summed E-state index contributed by atoms with van der Waals surface area (Å²) in [5, 5.41) is 8.13. The Morgan fingerprint density at radius 2 is 2.05 bits per heavy atom. The average molecular weight is 342 g/mol. The van der Waals surface area contributed by atoms with Gasteiger partial charge in [-0.3, -0.25) is 4.68 Å². The lowest BCUT2D eigenvalue weighted by Gasteiger charge is -2.26. The SMILES string of the molecule is CCn1nc(C)c(Br)c1CC(CC1CCCCC1)NC. The molecule has 2 rings (SSSR count). The summed E-state index contributed by atoms with van der Waals surface area (Å²) in [6.07, 6.45) is 9.51. The molecule has 1 saturated carbocycles. The molecule has 1 atom stereocenters. The fourth-order valence-corrected chi connectivity index (χ4v) is 3.87. The third-order valence-electron chi connectivity index (χ3n) is 4.64. The number of likely N-dealkylation sites (N-methyl/N-ethyl adjacent to an activating group) is 1. The van der Waals surface area contributed by atoms with Crippen LogP contribution in [0.4, 0.5) is 0 Å². The molecule has 0 aromatic carbocycles. The number of halogens is 1. The van der Waals surface area contributed by atoms with Crippen LogP contribution in [0.3, 0.4) is 0 Å². The topological polar surface area (TPSA) is 29.9 Å². The molecule has 114 valence electrons. The summed E-state index contributed by atoms with van der Waals surface area (Å²) in [5.41, 5.74) is 2.45. The van der Waals surface area contributed by atoms with Crippen molar-refractivity contribution in [3.05, 3.63) is 15.9 Å². The molecular weight excluding hydrogens is 314 g/mol. The van der Waals surface area contributed by atoms with E-state index in [0.29, 0.717) is 6.04 Å². The Bertz CT molecular complexity index is 422. The first-order chi connectivity index (χ1) is 9.65. The fraction of sp³-hybridized carbons (Fsp3) is 0.812. The van der Waals surface area contributed by atoms with Crippen LogP contribution in [-0.4, -0.2) is 22.9 Å². The molecule has 0 spiro atoms. The van der Waals surface area contributed by atoms with Crippen molar-refractivity contribution in [1.82, 2.24) is 15.1 Å². The van der Waals surface area contributed by atoms with E-state index < -0.39 is 0 Å². The Morgan fingerprint density at radius 3 is 2.65 bits per heavy atom. The lowest BCUT2D eigenvalue weighted by Crippen LogP contribution is -2.31. The number of nitrogens with one attached hydrogen (secondary N) is 1. The van der Waals surface area contributed by atoms with Crippen molar-refractivity contribution in [3.63, 3.8) is 0 Å². The fourth-order valence-electron chi connectivity index (χ4n) is 3.43. The van der Waals surface area contributed by atoms with E-state index in [0.717, 1.165) is 24.6 Å². The molecule has 3 nitrogen and oxygen atoms in total. The van der Waals surface area contributed by atoms with Crippen molar-refractivity contribution in [2.45, 2.75) is 71.4 Å². The van der Waals surface area contributed by atoms with E-state index in [-0.39, 0.29) is 0 Å². The minimum Gasteiger partial charge on any atom is -0.317 e. The first-order valence-corrected chi connectivity index (χ1v) is 8.84. The zero-order valence-electron chi connectivity index (χ0n) is 13.1. The van der Waals surface area contributed by atoms with Crippen molar-refractivity contribution in [2.75, 3.05) is 7.05 Å². The molecule has 20 heavy (non-hydrogen) atoms. The normalized spacial score (nSPS) is 18.4. The molecule has 1 N–H and O–H groups in total. The zero-order valence-corrected chi connectivity index (χ0v) is 14.7. The third-order valence-corrected chi connectivity index (χ3v) is 5.67. The minimum atomic E-state index is 0.566. The van der Waals surface area contributed by atoms with Crippen LogP contribution in [0.1, 0.15) is 56.8 Å². The van der Waals surface area contributed by atoms with E-state index in [1.54, 1.807) is 0 Å². The van der Waals surface area contributed by atoms with Crippen LogP contribution < -0.4 is 5.32 Å². The van der Waals surface area contributed by atoms with Gasteiger partial charge >= 0.3 is 0 Å². The molecular formula is C16H28BrN3. The van der Waals surface area contributed by atoms with Gasteiger partial charge in [0, 0.05) is 19.0 Å². The predicted molar refractivity (Wildman–Crippen MR) is 88.1 cm³/mol. The highest BCUT2D eigenvalue weighted by molar-refractivity contribution is 9.10. The Kier molecular flexibility index (Phi) is 6.09. The van der Waals surface area contributed by atoms with Gasteiger partial charge in [0.25, 0.3) is 0 Å². The molecule has 1 heterocycles. The molecule has 1 aromatic rings. The maximum Gasteiger partial charge on any atom is 0.0738 e. The molecule has 0 saturated heterocycles. The summed E-state index contributed by atoms with van der Waals surface area (Å²) < 4.78 is 3.34. The van der Waals surface area contributed by atoms with E-state index >= 15 is 0 Å². The maximum absolute atomic E-state index is 4.60. The summed E-state index contributed by atoms with van der Waals surface area (Å²) in [6, 6.07) is 0.566. The van der Waals surface area contributed by atoms with Gasteiger partial charge in [-0.25, -0.2) is 0 Å². The van der Waals surface area contributed by atoms with Crippen LogP contribution in [-0.2, 0) is 13.0 Å². The summed E-state index contributed by atoms with van der Waals surface area (Å²) in [6.45, 7) is 5.19. The van der Waals surface area contributed by atoms with Crippen LogP contribution in [0.5, 0.6) is 0 Å². The number of hydrogen-bond donors (Lipinski definition) is 1. The van der Waals surface area contributed by atoms with Crippen molar-refractivity contribution >= 4 is 15.9 Å². The van der Waals surface area contributed by atoms with Gasteiger partial charge in [0.05, 0.1) is 15.9 Å². The highest BCUT2D eigenvalue weighted by Crippen LogP contribution is 2.29. The van der Waals surface area contributed by atoms with E-state index in [4.69, 9.17) is 0 Å². The second kappa shape index (κ2) is 7.60. The van der Waals surface area contributed by atoms with Crippen LogP contribution >= 0.6 is 15.9 Å². The largest absolute Gasteiger partial charge is 0.317 e. The molecule has 0 amide bonds. The van der Waals surface area contributed by atoms with Crippen molar-refractivity contribution in [3.8, 4) is 0 Å². The van der Waals surface area contributed by atoms with Crippen molar-refractivity contribution in [1.29, 1.82) is 0 Å². The van der Waals surface area contributed by atoms with E-state index in [9.17, 15) is 0 Å². The van der Waals surface area contributed by atoms with Gasteiger partial charge in [0.15, 0.2) is 0 Å². The smallest absolute Gasteiger partial charge is 0.0738 e. The van der Waals surface area contributed by atoms with Gasteiger partial charge in [-0.1, -0.05) is 32.1 Å². The molecule has 1 unspecified atom stereocenters. The number of aryl methyl sites for hydroxylation is 2. The lowest BCUT2D eigenvalue weighted by molar-refractivity contribution is 0.300. The Morgan fingerprint density at radius 1 is 1.35 bits per heavy atom. The van der Waals surface area contributed by atoms with Crippen LogP contribution in [0.2, 0.25) is 0 Å². The summed E-state index contributed by atoms with van der Waals surface area (Å²) in [4.78, 5) is 0. The molecule has 0 bridgehead atoms. The van der Waals surface area contributed by atoms with E-state index in [1.165, 1.54) is 48.7 Å². The van der Waals surface area contributed by atoms with Gasteiger partial charge in [-0.15, -0.1) is 0 Å². The second-order valence-corrected chi connectivity index (χ2v) is 6.88. The zero-order chi connectivity index (χ0) is 14.5. The molecule has 1 aliphatic rings. The summed E-state index contributed by atoms with van der Waals surface area (Å²) >= 11 is 3.71. The quantitative estimate of drug-likeness (QED) is 0.844. The third kappa shape index (κ3) is 3.85. The molecule has 1 fully saturated rings. The standard InChI is InChI=1S/C16H28BrN3/c1-4-20-15(16(17)12(2)19-20)11-14(18-3)10-13-8-6-5-7-9-13/h13-14,18H,4-11H2,1-3H3. The second-order valence-electron chi connectivity index (χ2n) is 6.09. The van der Waals surface area contributed by atoms with E-state index in [2.05, 4.69) is 51.9 Å². The Hall–Kier alpha value is -0.350. The minimum absolute atomic E-state index is 0.566. The van der Waals surface area contributed by atoms with Crippen molar-refractivity contribution in [2.24, 2.45) is 5.92 Å². The Labute approximate surface area is 131 Å². The van der Waals surface area contributed by atoms with Crippen LogP contribution in [0.15, 0.2) is 4.47 Å². The summed E-state index contributed by atoms with van der Waals surface area (Å²) in [5.74, 6) is 0.916. The molecule has 1 aliphatic carbocycles. The molecule has 1 aromatic heterocycles. The van der Waals surface area contributed by atoms with Crippen molar-refractivity contribution < 1.29 is 0 Å². The highest BCUT2D eigenvalue weighted by atomic mass is 79.9. The number of rotatable bonds is 6. The van der Waals surface area contributed by atoms with Crippen LogP contribution in [0, 0.1) is 12.8 Å². The highest BCUT2D eigenvalue weighted by Gasteiger charge is 2.21. The number of aromatic nitrogens is 2. The number of nitrogens with zero attached hydrogens (tertiary/aromatic N) is 2. The van der Waals surface area contributed by atoms with Gasteiger partial charge in [-0.05, 0) is 49.2 Å². The van der Waals surface area contributed by atoms with E-state index in [1.807, 2.05) is 0 Å². The monoisotopic (exact) mass is 341 g/mol. The van der Waals surface area contributed by atoms with Gasteiger partial charge < -0.3 is 5.32 Å². The Balaban J connectivity index is 2.02. The van der Waals surface area contributed by atoms with Gasteiger partial charge in [0.2, 0.25) is 0 Å². The average Bonchev–Trinajstić information content (AvgIpc) is 2.75. The number of hydrogen-bond acceptors (Lipinski definition) is 2. The lowest BCUT2D eigenvalue weighted by atomic mass is 9.84. The predicted octanol–water partition coefficient (Wildman–Crippen LogP) is 4.07. The first kappa shape index (κ1) is 16.0. The maximum atomic E-state index is 4.60. The van der Waals surface area contributed by atoms with Gasteiger partial charge in [-0.2, -0.15) is 5.10 Å². The first-order valence-electron chi connectivity index (χ1n) is 8.04. The summed E-state index contributed by atoms with van der Waals surface area (Å²) in [7, 11) is 2.10. The van der Waals surface area contributed by atoms with Gasteiger partial charge in [0.1, 0.15) is 0 Å². The molecule has 0 radical (unpaired) electrons. The molecule has 4 heteroatoms.